The van der Waals surface area contributed by atoms with Crippen molar-refractivity contribution in [1.29, 1.82) is 0 Å². The summed E-state index contributed by atoms with van der Waals surface area (Å²) in [5, 5.41) is 0. The van der Waals surface area contributed by atoms with Gasteiger partial charge in [0.15, 0.2) is 0 Å². The number of piperidine rings is 1. The normalized spacial score (nSPS) is 15.3. The first kappa shape index (κ1) is 35.2. The van der Waals surface area contributed by atoms with Crippen LogP contribution in [-0.2, 0) is 32.4 Å². The van der Waals surface area contributed by atoms with Gasteiger partial charge in [0, 0.05) is 32.0 Å². The maximum absolute atomic E-state index is 14.1. The fourth-order valence-corrected chi connectivity index (χ4v) is 6.94. The Balaban J connectivity index is 1.76. The van der Waals surface area contributed by atoms with Crippen LogP contribution in [0.5, 0.6) is 0 Å². The van der Waals surface area contributed by atoms with Crippen molar-refractivity contribution in [2.45, 2.75) is 51.4 Å². The first-order valence-corrected chi connectivity index (χ1v) is 16.4. The summed E-state index contributed by atoms with van der Waals surface area (Å²) in [5.41, 5.74) is -3.72. The Morgan fingerprint density at radius 2 is 1.46 bits per heavy atom. The number of alkyl halides is 6. The molecule has 1 saturated heterocycles. The second kappa shape index (κ2) is 12.5. The van der Waals surface area contributed by atoms with Gasteiger partial charge in [0.1, 0.15) is 21.5 Å². The van der Waals surface area contributed by atoms with E-state index in [2.05, 4.69) is 4.98 Å². The number of carbonyl (C=O) groups excluding carboxylic acids is 1. The lowest BCUT2D eigenvalue weighted by molar-refractivity contribution is -0.143. The van der Waals surface area contributed by atoms with Crippen LogP contribution < -0.4 is 9.80 Å². The number of nitrogens with zero attached hydrogens (tertiary/aromatic N) is 3. The van der Waals surface area contributed by atoms with E-state index in [1.165, 1.54) is 51.5 Å². The molecule has 6 nitrogen and oxygen atoms in total. The monoisotopic (exact) mass is 673 g/mol. The highest BCUT2D eigenvalue weighted by molar-refractivity contribution is 7.90. The molecule has 2 heterocycles. The van der Waals surface area contributed by atoms with E-state index in [1.807, 2.05) is 4.90 Å². The summed E-state index contributed by atoms with van der Waals surface area (Å²) >= 11 is 0. The van der Waals surface area contributed by atoms with E-state index in [4.69, 9.17) is 0 Å². The molecule has 3 aromatic rings. The molecular formula is C32H34F7N3O3S. The summed E-state index contributed by atoms with van der Waals surface area (Å²) in [7, 11) is -1.80. The highest BCUT2D eigenvalue weighted by Gasteiger charge is 2.41. The number of benzene rings is 2. The molecule has 0 N–H and O–H groups in total. The number of sulfone groups is 1. The molecule has 2 aromatic carbocycles. The highest BCUT2D eigenvalue weighted by atomic mass is 32.2. The smallest absolute Gasteiger partial charge is 0.357 e. The minimum atomic E-state index is -5.09. The Morgan fingerprint density at radius 1 is 0.913 bits per heavy atom. The van der Waals surface area contributed by atoms with Crippen molar-refractivity contribution in [3.63, 3.8) is 0 Å². The molecule has 0 radical (unpaired) electrons. The fraction of sp³-hybridized carbons (Fsp3) is 0.438. The zero-order valence-electron chi connectivity index (χ0n) is 25.9. The fourth-order valence-electron chi connectivity index (χ4n) is 5.75. The Morgan fingerprint density at radius 3 is 1.96 bits per heavy atom. The standard InChI is InChI=1S/C32H34F7N3O3S/c1-19-12-24(33)6-7-25(19)26-16-28(42-10-8-20(9-11-42)18-46(5,44)45)40-17-27(26)41(4)29(43)30(2,3)21-13-22(31(34,35)36)15-23(14-21)32(37,38)39/h6-7,12-17,20H,8-11,18H2,1-5H3. The van der Waals surface area contributed by atoms with E-state index in [-0.39, 0.29) is 23.4 Å². The third-order valence-corrected chi connectivity index (χ3v) is 9.41. The summed E-state index contributed by atoms with van der Waals surface area (Å²) in [6, 6.07) is 6.82. The predicted octanol–water partition coefficient (Wildman–Crippen LogP) is 7.44. The van der Waals surface area contributed by atoms with Crippen LogP contribution in [0.2, 0.25) is 0 Å². The number of pyridine rings is 1. The van der Waals surface area contributed by atoms with Gasteiger partial charge in [-0.2, -0.15) is 26.3 Å². The maximum Gasteiger partial charge on any atom is 0.416 e. The summed E-state index contributed by atoms with van der Waals surface area (Å²) in [6.07, 6.45) is -6.40. The molecule has 1 amide bonds. The van der Waals surface area contributed by atoms with Crippen LogP contribution in [0, 0.1) is 18.7 Å². The Kier molecular flexibility index (Phi) is 9.56. The van der Waals surface area contributed by atoms with Crippen LogP contribution in [-0.4, -0.2) is 51.5 Å². The molecule has 0 atom stereocenters. The minimum Gasteiger partial charge on any atom is -0.357 e. The number of carbonyl (C=O) groups is 1. The summed E-state index contributed by atoms with van der Waals surface area (Å²) in [4.78, 5) is 21.6. The molecule has 1 aromatic heterocycles. The van der Waals surface area contributed by atoms with Gasteiger partial charge in [-0.05, 0) is 92.6 Å². The van der Waals surface area contributed by atoms with Crippen molar-refractivity contribution in [2.24, 2.45) is 5.92 Å². The quantitative estimate of drug-likeness (QED) is 0.244. The lowest BCUT2D eigenvalue weighted by Crippen LogP contribution is -2.42. The van der Waals surface area contributed by atoms with E-state index < -0.39 is 56.0 Å². The lowest BCUT2D eigenvalue weighted by Gasteiger charge is -2.34. The van der Waals surface area contributed by atoms with E-state index in [0.717, 1.165) is 4.90 Å². The van der Waals surface area contributed by atoms with Crippen LogP contribution in [0.3, 0.4) is 0 Å². The summed E-state index contributed by atoms with van der Waals surface area (Å²) in [5.74, 6) is -0.735. The van der Waals surface area contributed by atoms with Crippen molar-refractivity contribution < 1.29 is 43.9 Å². The van der Waals surface area contributed by atoms with Gasteiger partial charge >= 0.3 is 12.4 Å². The minimum absolute atomic E-state index is 0.00973. The molecular weight excluding hydrogens is 639 g/mol. The van der Waals surface area contributed by atoms with Crippen LogP contribution in [0.1, 0.15) is 48.9 Å². The van der Waals surface area contributed by atoms with Crippen molar-refractivity contribution in [3.8, 4) is 11.1 Å². The third kappa shape index (κ3) is 7.81. The van der Waals surface area contributed by atoms with Crippen LogP contribution >= 0.6 is 0 Å². The number of anilines is 2. The molecule has 0 spiro atoms. The maximum atomic E-state index is 14.1. The largest absolute Gasteiger partial charge is 0.416 e. The number of aryl methyl sites for hydroxylation is 1. The summed E-state index contributed by atoms with van der Waals surface area (Å²) in [6.45, 7) is 5.16. The number of likely N-dealkylation sites (N-methyl/N-ethyl adjacent to an activating group) is 1. The van der Waals surface area contributed by atoms with Gasteiger partial charge in [0.05, 0.1) is 34.2 Å². The zero-order chi connectivity index (χ0) is 34.4. The lowest BCUT2D eigenvalue weighted by atomic mass is 9.81. The molecule has 46 heavy (non-hydrogen) atoms. The molecule has 0 saturated carbocycles. The molecule has 1 aliphatic heterocycles. The zero-order valence-corrected chi connectivity index (χ0v) is 26.7. The topological polar surface area (TPSA) is 70.6 Å². The first-order chi connectivity index (χ1) is 21.1. The number of hydrogen-bond donors (Lipinski definition) is 0. The molecule has 0 bridgehead atoms. The van der Waals surface area contributed by atoms with Gasteiger partial charge in [-0.1, -0.05) is 6.07 Å². The molecule has 250 valence electrons. The van der Waals surface area contributed by atoms with Crippen LogP contribution in [0.15, 0.2) is 48.7 Å². The van der Waals surface area contributed by atoms with Gasteiger partial charge in [-0.15, -0.1) is 0 Å². The molecule has 0 unspecified atom stereocenters. The van der Waals surface area contributed by atoms with Crippen molar-refractivity contribution >= 4 is 27.2 Å². The SMILES string of the molecule is Cc1cc(F)ccc1-c1cc(N2CCC(CS(C)(=O)=O)CC2)ncc1N(C)C(=O)C(C)(C)c1cc(C(F)(F)F)cc(C(F)(F)F)c1. The Bertz CT molecular complexity index is 1700. The number of amides is 1. The third-order valence-electron chi connectivity index (χ3n) is 8.33. The van der Waals surface area contributed by atoms with E-state index in [9.17, 15) is 43.9 Å². The summed E-state index contributed by atoms with van der Waals surface area (Å²) < 4.78 is 119. The number of rotatable bonds is 7. The molecule has 14 heteroatoms. The average Bonchev–Trinajstić information content (AvgIpc) is 2.94. The Hall–Kier alpha value is -3.68. The Labute approximate surface area is 263 Å². The second-order valence-electron chi connectivity index (χ2n) is 12.3. The predicted molar refractivity (Wildman–Crippen MR) is 162 cm³/mol. The second-order valence-corrected chi connectivity index (χ2v) is 14.5. The number of hydrogen-bond acceptors (Lipinski definition) is 5. The van der Waals surface area contributed by atoms with Gasteiger partial charge < -0.3 is 9.80 Å². The molecule has 4 rings (SSSR count). The number of halogens is 7. The van der Waals surface area contributed by atoms with Crippen LogP contribution in [0.25, 0.3) is 11.1 Å². The molecule has 0 aliphatic carbocycles. The molecule has 1 aliphatic rings. The average molecular weight is 674 g/mol. The van der Waals surface area contributed by atoms with E-state index in [0.29, 0.717) is 60.6 Å². The van der Waals surface area contributed by atoms with Gasteiger partial charge in [0.25, 0.3) is 0 Å². The highest BCUT2D eigenvalue weighted by Crippen LogP contribution is 2.41. The first-order valence-electron chi connectivity index (χ1n) is 14.4. The van der Waals surface area contributed by atoms with Gasteiger partial charge in [0.2, 0.25) is 5.91 Å². The van der Waals surface area contributed by atoms with Crippen molar-refractivity contribution in [1.82, 2.24) is 4.98 Å². The van der Waals surface area contributed by atoms with Crippen molar-refractivity contribution in [2.75, 3.05) is 41.9 Å². The van der Waals surface area contributed by atoms with Crippen molar-refractivity contribution in [3.05, 3.63) is 76.7 Å². The van der Waals surface area contributed by atoms with Crippen LogP contribution in [0.4, 0.5) is 42.2 Å². The number of aromatic nitrogens is 1. The van der Waals surface area contributed by atoms with Gasteiger partial charge in [-0.3, -0.25) is 4.79 Å². The van der Waals surface area contributed by atoms with E-state index >= 15 is 0 Å². The van der Waals surface area contributed by atoms with E-state index in [1.54, 1.807) is 13.0 Å². The van der Waals surface area contributed by atoms with Gasteiger partial charge in [-0.25, -0.2) is 17.8 Å². The molecule has 1 fully saturated rings.